The number of rotatable bonds is 2. The van der Waals surface area contributed by atoms with Gasteiger partial charge in [-0.05, 0) is 18.2 Å². The van der Waals surface area contributed by atoms with Gasteiger partial charge in [-0.25, -0.2) is 4.39 Å². The number of hydrogen-bond donors (Lipinski definition) is 0. The number of alkyl halides is 1. The highest BCUT2D eigenvalue weighted by Crippen LogP contribution is 2.12. The number of hydrogen-bond acceptors (Lipinski definition) is 2. The SMILES string of the molecule is N#Cc1ccc(F)cc1C(=O)CBr. The molecule has 0 radical (unpaired) electrons. The third-order valence-corrected chi connectivity index (χ3v) is 2.03. The molecule has 1 aromatic rings. The molecule has 0 aliphatic carbocycles. The fourth-order valence-electron chi connectivity index (χ4n) is 0.917. The van der Waals surface area contributed by atoms with Crippen molar-refractivity contribution in [1.29, 1.82) is 5.26 Å². The van der Waals surface area contributed by atoms with Gasteiger partial charge >= 0.3 is 0 Å². The molecule has 0 unspecified atom stereocenters. The molecule has 0 fully saturated rings. The summed E-state index contributed by atoms with van der Waals surface area (Å²) in [4.78, 5) is 11.2. The normalized spacial score (nSPS) is 9.31. The third-order valence-electron chi connectivity index (χ3n) is 1.52. The van der Waals surface area contributed by atoms with Gasteiger partial charge in [-0.1, -0.05) is 15.9 Å². The zero-order chi connectivity index (χ0) is 9.84. The maximum atomic E-state index is 12.7. The quantitative estimate of drug-likeness (QED) is 0.589. The molecule has 0 bridgehead atoms. The van der Waals surface area contributed by atoms with Gasteiger partial charge in [0.25, 0.3) is 0 Å². The second kappa shape index (κ2) is 4.15. The van der Waals surface area contributed by atoms with E-state index in [9.17, 15) is 9.18 Å². The summed E-state index contributed by atoms with van der Waals surface area (Å²) in [6.45, 7) is 0. The monoisotopic (exact) mass is 241 g/mol. The molecule has 0 N–H and O–H groups in total. The Bertz CT molecular complexity index is 384. The molecule has 1 rings (SSSR count). The Hall–Kier alpha value is -1.21. The largest absolute Gasteiger partial charge is 0.293 e. The van der Waals surface area contributed by atoms with Gasteiger partial charge in [0, 0.05) is 5.56 Å². The molecule has 2 nitrogen and oxygen atoms in total. The predicted molar refractivity (Wildman–Crippen MR) is 49.2 cm³/mol. The van der Waals surface area contributed by atoms with Crippen LogP contribution in [-0.2, 0) is 0 Å². The fraction of sp³-hybridized carbons (Fsp3) is 0.111. The van der Waals surface area contributed by atoms with E-state index in [0.717, 1.165) is 12.1 Å². The molecule has 0 saturated carbocycles. The number of Topliss-reactive ketones (excluding diaryl/α,β-unsaturated/α-hetero) is 1. The van der Waals surface area contributed by atoms with Crippen LogP contribution in [0.3, 0.4) is 0 Å². The maximum Gasteiger partial charge on any atom is 0.174 e. The topological polar surface area (TPSA) is 40.9 Å². The first-order valence-corrected chi connectivity index (χ1v) is 4.60. The standard InChI is InChI=1S/C9H5BrFNO/c10-4-9(13)8-3-7(11)2-1-6(8)5-12/h1-3H,4H2. The Balaban J connectivity index is 3.25. The molecule has 4 heteroatoms. The minimum absolute atomic E-state index is 0.0884. The highest BCUT2D eigenvalue weighted by atomic mass is 79.9. The summed E-state index contributed by atoms with van der Waals surface area (Å²) in [5, 5.41) is 8.70. The molecule has 13 heavy (non-hydrogen) atoms. The van der Waals surface area contributed by atoms with Gasteiger partial charge in [-0.3, -0.25) is 4.79 Å². The lowest BCUT2D eigenvalue weighted by Crippen LogP contribution is -2.03. The number of carbonyl (C=O) groups excluding carboxylic acids is 1. The molecule has 1 aromatic carbocycles. The van der Waals surface area contributed by atoms with Crippen molar-refractivity contribution in [2.75, 3.05) is 5.33 Å². The molecule has 0 amide bonds. The summed E-state index contributed by atoms with van der Waals surface area (Å²) < 4.78 is 12.7. The molecule has 66 valence electrons. The number of halogens is 2. The Morgan fingerprint density at radius 1 is 1.62 bits per heavy atom. The molecular formula is C9H5BrFNO. The van der Waals surface area contributed by atoms with Crippen molar-refractivity contribution < 1.29 is 9.18 Å². The molecule has 0 heterocycles. The minimum atomic E-state index is -0.511. The Labute approximate surface area is 83.1 Å². The van der Waals surface area contributed by atoms with Crippen molar-refractivity contribution in [2.24, 2.45) is 0 Å². The molecule has 0 aliphatic rings. The molecular weight excluding hydrogens is 237 g/mol. The first-order chi connectivity index (χ1) is 6.19. The van der Waals surface area contributed by atoms with Gasteiger partial charge in [0.05, 0.1) is 17.0 Å². The van der Waals surface area contributed by atoms with Crippen molar-refractivity contribution in [3.63, 3.8) is 0 Å². The lowest BCUT2D eigenvalue weighted by Gasteiger charge is -1.99. The van der Waals surface area contributed by atoms with Crippen LogP contribution in [0, 0.1) is 17.1 Å². The van der Waals surface area contributed by atoms with Gasteiger partial charge in [-0.2, -0.15) is 5.26 Å². The second-order valence-corrected chi connectivity index (χ2v) is 2.92. The van der Waals surface area contributed by atoms with Crippen LogP contribution in [0.5, 0.6) is 0 Å². The first-order valence-electron chi connectivity index (χ1n) is 3.48. The van der Waals surface area contributed by atoms with E-state index in [4.69, 9.17) is 5.26 Å². The summed E-state index contributed by atoms with van der Waals surface area (Å²) in [5.74, 6) is -0.806. The average molecular weight is 242 g/mol. The van der Waals surface area contributed by atoms with Crippen LogP contribution in [0.4, 0.5) is 4.39 Å². The van der Waals surface area contributed by atoms with Crippen molar-refractivity contribution in [3.8, 4) is 6.07 Å². The van der Waals surface area contributed by atoms with E-state index in [1.165, 1.54) is 6.07 Å². The van der Waals surface area contributed by atoms with Crippen LogP contribution < -0.4 is 0 Å². The third kappa shape index (κ3) is 2.13. The Morgan fingerprint density at radius 3 is 2.85 bits per heavy atom. The Morgan fingerprint density at radius 2 is 2.31 bits per heavy atom. The number of nitriles is 1. The van der Waals surface area contributed by atoms with Crippen LogP contribution in [0.1, 0.15) is 15.9 Å². The summed E-state index contributed by atoms with van der Waals surface area (Å²) in [6.07, 6.45) is 0. The lowest BCUT2D eigenvalue weighted by molar-refractivity contribution is 0.102. The van der Waals surface area contributed by atoms with E-state index in [1.807, 2.05) is 6.07 Å². The van der Waals surface area contributed by atoms with Crippen LogP contribution in [0.2, 0.25) is 0 Å². The molecule has 0 aliphatic heterocycles. The van der Waals surface area contributed by atoms with Crippen molar-refractivity contribution in [1.82, 2.24) is 0 Å². The second-order valence-electron chi connectivity index (χ2n) is 2.36. The number of carbonyl (C=O) groups is 1. The average Bonchev–Trinajstić information content (AvgIpc) is 2.16. The van der Waals surface area contributed by atoms with Crippen LogP contribution in [0.25, 0.3) is 0 Å². The number of ketones is 1. The predicted octanol–water partition coefficient (Wildman–Crippen LogP) is 2.27. The highest BCUT2D eigenvalue weighted by molar-refractivity contribution is 9.09. The van der Waals surface area contributed by atoms with E-state index in [0.29, 0.717) is 0 Å². The number of benzene rings is 1. The Kier molecular flexibility index (Phi) is 3.15. The molecule has 0 aromatic heterocycles. The first kappa shape index (κ1) is 9.87. The van der Waals surface area contributed by atoms with E-state index in [2.05, 4.69) is 15.9 Å². The van der Waals surface area contributed by atoms with Gasteiger partial charge < -0.3 is 0 Å². The maximum absolute atomic E-state index is 12.7. The zero-order valence-corrected chi connectivity index (χ0v) is 8.14. The number of nitrogens with zero attached hydrogens (tertiary/aromatic N) is 1. The van der Waals surface area contributed by atoms with Crippen molar-refractivity contribution in [3.05, 3.63) is 35.1 Å². The van der Waals surface area contributed by atoms with E-state index in [-0.39, 0.29) is 22.2 Å². The lowest BCUT2D eigenvalue weighted by atomic mass is 10.1. The molecule has 0 spiro atoms. The summed E-state index contributed by atoms with van der Waals surface area (Å²) >= 11 is 2.96. The van der Waals surface area contributed by atoms with Crippen molar-refractivity contribution in [2.45, 2.75) is 0 Å². The van der Waals surface area contributed by atoms with Gasteiger partial charge in [0.2, 0.25) is 0 Å². The van der Waals surface area contributed by atoms with Crippen LogP contribution >= 0.6 is 15.9 Å². The summed E-state index contributed by atoms with van der Waals surface area (Å²) in [6, 6.07) is 5.35. The summed E-state index contributed by atoms with van der Waals surface area (Å²) in [5.41, 5.74) is 0.324. The van der Waals surface area contributed by atoms with Crippen LogP contribution in [-0.4, -0.2) is 11.1 Å². The van der Waals surface area contributed by atoms with Gasteiger partial charge in [-0.15, -0.1) is 0 Å². The molecule has 0 atom stereocenters. The smallest absolute Gasteiger partial charge is 0.174 e. The van der Waals surface area contributed by atoms with Crippen molar-refractivity contribution >= 4 is 21.7 Å². The fourth-order valence-corrected chi connectivity index (χ4v) is 1.22. The van der Waals surface area contributed by atoms with Gasteiger partial charge in [0.15, 0.2) is 5.78 Å². The minimum Gasteiger partial charge on any atom is -0.293 e. The van der Waals surface area contributed by atoms with E-state index in [1.54, 1.807) is 0 Å². The highest BCUT2D eigenvalue weighted by Gasteiger charge is 2.10. The van der Waals surface area contributed by atoms with Gasteiger partial charge in [0.1, 0.15) is 5.82 Å². The zero-order valence-electron chi connectivity index (χ0n) is 6.55. The summed E-state index contributed by atoms with van der Waals surface area (Å²) in [7, 11) is 0. The van der Waals surface area contributed by atoms with E-state index < -0.39 is 5.82 Å². The van der Waals surface area contributed by atoms with E-state index >= 15 is 0 Å². The molecule has 0 saturated heterocycles. The van der Waals surface area contributed by atoms with Crippen LogP contribution in [0.15, 0.2) is 18.2 Å².